The van der Waals surface area contributed by atoms with Crippen molar-refractivity contribution in [3.05, 3.63) is 68.2 Å². The molecule has 25 heavy (non-hydrogen) atoms. The number of carbonyl (C=O) groups is 1. The first kappa shape index (κ1) is 19.1. The fraction of sp³-hybridized carbons (Fsp3) is 0.278. The van der Waals surface area contributed by atoms with E-state index in [4.69, 9.17) is 0 Å². The first-order valence-electron chi connectivity index (χ1n) is 7.78. The molecular formula is C18H20BrN3O3. The van der Waals surface area contributed by atoms with Crippen LogP contribution in [0.25, 0.3) is 0 Å². The quantitative estimate of drug-likeness (QED) is 0.574. The van der Waals surface area contributed by atoms with Crippen molar-refractivity contribution in [1.82, 2.24) is 4.90 Å². The molecule has 1 N–H and O–H groups in total. The summed E-state index contributed by atoms with van der Waals surface area (Å²) in [6.45, 7) is 4.02. The number of hydrogen-bond acceptors (Lipinski definition) is 4. The number of aryl methyl sites for hydroxylation is 1. The highest BCUT2D eigenvalue weighted by Gasteiger charge is 2.17. The van der Waals surface area contributed by atoms with Gasteiger partial charge in [-0.05, 0) is 50.2 Å². The second-order valence-corrected chi connectivity index (χ2v) is 6.87. The third-order valence-electron chi connectivity index (χ3n) is 4.08. The van der Waals surface area contributed by atoms with Crippen molar-refractivity contribution >= 4 is 33.2 Å². The Kier molecular flexibility index (Phi) is 6.27. The molecule has 0 heterocycles. The Morgan fingerprint density at radius 3 is 2.68 bits per heavy atom. The van der Waals surface area contributed by atoms with Crippen LogP contribution < -0.4 is 5.32 Å². The topological polar surface area (TPSA) is 75.5 Å². The Labute approximate surface area is 155 Å². The number of carbonyl (C=O) groups excluding carboxylic acids is 1. The highest BCUT2D eigenvalue weighted by molar-refractivity contribution is 9.10. The molecule has 6 nitrogen and oxygen atoms in total. The highest BCUT2D eigenvalue weighted by atomic mass is 79.9. The van der Waals surface area contributed by atoms with Crippen LogP contribution in [-0.2, 0) is 4.79 Å². The van der Waals surface area contributed by atoms with Crippen molar-refractivity contribution in [2.75, 3.05) is 18.9 Å². The van der Waals surface area contributed by atoms with Crippen molar-refractivity contribution < 1.29 is 9.72 Å². The Morgan fingerprint density at radius 2 is 2.04 bits per heavy atom. The molecule has 0 aliphatic rings. The number of anilines is 1. The zero-order valence-electron chi connectivity index (χ0n) is 14.3. The number of benzene rings is 2. The fourth-order valence-electron chi connectivity index (χ4n) is 2.47. The molecule has 0 spiro atoms. The minimum atomic E-state index is -0.417. The predicted octanol–water partition coefficient (Wildman–Crippen LogP) is 4.30. The summed E-state index contributed by atoms with van der Waals surface area (Å²) in [5, 5.41) is 13.8. The van der Waals surface area contributed by atoms with Gasteiger partial charge >= 0.3 is 0 Å². The van der Waals surface area contributed by atoms with Crippen molar-refractivity contribution in [2.45, 2.75) is 19.9 Å². The Hall–Kier alpha value is -2.25. The predicted molar refractivity (Wildman–Crippen MR) is 102 cm³/mol. The van der Waals surface area contributed by atoms with Crippen LogP contribution in [0, 0.1) is 17.0 Å². The number of hydrogen-bond donors (Lipinski definition) is 1. The monoisotopic (exact) mass is 405 g/mol. The van der Waals surface area contributed by atoms with E-state index in [1.165, 1.54) is 12.1 Å². The van der Waals surface area contributed by atoms with Gasteiger partial charge in [-0.15, -0.1) is 0 Å². The lowest BCUT2D eigenvalue weighted by Crippen LogP contribution is -2.32. The van der Waals surface area contributed by atoms with Crippen molar-refractivity contribution in [3.8, 4) is 0 Å². The number of non-ortho nitro benzene ring substituents is 1. The van der Waals surface area contributed by atoms with Crippen LogP contribution in [-0.4, -0.2) is 29.3 Å². The van der Waals surface area contributed by atoms with E-state index in [0.717, 1.165) is 21.3 Å². The molecule has 0 bridgehead atoms. The largest absolute Gasteiger partial charge is 0.325 e. The number of halogens is 1. The van der Waals surface area contributed by atoms with E-state index >= 15 is 0 Å². The van der Waals surface area contributed by atoms with E-state index in [0.29, 0.717) is 0 Å². The van der Waals surface area contributed by atoms with Gasteiger partial charge in [0.1, 0.15) is 0 Å². The van der Waals surface area contributed by atoms with Crippen LogP contribution in [0.1, 0.15) is 24.1 Å². The Bertz CT molecular complexity index is 795. The van der Waals surface area contributed by atoms with Crippen LogP contribution in [0.3, 0.4) is 0 Å². The lowest BCUT2D eigenvalue weighted by Gasteiger charge is -2.24. The van der Waals surface area contributed by atoms with Crippen LogP contribution in [0.4, 0.5) is 11.4 Å². The first-order chi connectivity index (χ1) is 11.8. The molecule has 2 aromatic rings. The number of likely N-dealkylation sites (N-methyl/N-ethyl adjacent to an activating group) is 1. The SMILES string of the molecule is Cc1cc(Br)ccc1NC(=O)CN(C)[C@H](C)c1cccc([N+](=O)[O-])c1. The van der Waals surface area contributed by atoms with Gasteiger partial charge in [-0.25, -0.2) is 0 Å². The summed E-state index contributed by atoms with van der Waals surface area (Å²) in [4.78, 5) is 24.6. The van der Waals surface area contributed by atoms with Crippen molar-refractivity contribution in [1.29, 1.82) is 0 Å². The first-order valence-corrected chi connectivity index (χ1v) is 8.58. The maximum atomic E-state index is 12.3. The molecule has 0 radical (unpaired) electrons. The molecule has 132 valence electrons. The molecule has 0 saturated carbocycles. The number of nitro groups is 1. The minimum absolute atomic E-state index is 0.0488. The van der Waals surface area contributed by atoms with E-state index < -0.39 is 4.92 Å². The van der Waals surface area contributed by atoms with E-state index in [-0.39, 0.29) is 24.2 Å². The molecule has 0 unspecified atom stereocenters. The lowest BCUT2D eigenvalue weighted by molar-refractivity contribution is -0.384. The second-order valence-electron chi connectivity index (χ2n) is 5.95. The fourth-order valence-corrected chi connectivity index (χ4v) is 2.95. The van der Waals surface area contributed by atoms with Gasteiger partial charge < -0.3 is 5.32 Å². The molecule has 1 atom stereocenters. The van der Waals surface area contributed by atoms with Gasteiger partial charge in [0.2, 0.25) is 5.91 Å². The molecule has 0 aliphatic heterocycles. The molecular weight excluding hydrogens is 386 g/mol. The van der Waals surface area contributed by atoms with Crippen LogP contribution >= 0.6 is 15.9 Å². The molecule has 0 saturated heterocycles. The highest BCUT2D eigenvalue weighted by Crippen LogP contribution is 2.23. The number of amides is 1. The molecule has 0 aliphatic carbocycles. The van der Waals surface area contributed by atoms with E-state index in [1.54, 1.807) is 6.07 Å². The third-order valence-corrected chi connectivity index (χ3v) is 4.57. The van der Waals surface area contributed by atoms with E-state index in [1.807, 2.05) is 50.1 Å². The molecule has 2 rings (SSSR count). The number of nitrogens with zero attached hydrogens (tertiary/aromatic N) is 2. The maximum absolute atomic E-state index is 12.3. The van der Waals surface area contributed by atoms with Gasteiger partial charge in [0.25, 0.3) is 5.69 Å². The maximum Gasteiger partial charge on any atom is 0.269 e. The van der Waals surface area contributed by atoms with Gasteiger partial charge in [-0.3, -0.25) is 19.8 Å². The summed E-state index contributed by atoms with van der Waals surface area (Å²) in [6, 6.07) is 12.0. The summed E-state index contributed by atoms with van der Waals surface area (Å²) >= 11 is 3.39. The van der Waals surface area contributed by atoms with E-state index in [9.17, 15) is 14.9 Å². The Balaban J connectivity index is 2.02. The third kappa shape index (κ3) is 5.11. The number of nitro benzene ring substituents is 1. The van der Waals surface area contributed by atoms with Gasteiger partial charge in [0.05, 0.1) is 11.5 Å². The van der Waals surface area contributed by atoms with Crippen LogP contribution in [0.15, 0.2) is 46.9 Å². The van der Waals surface area contributed by atoms with Gasteiger partial charge in [-0.1, -0.05) is 28.1 Å². The molecule has 0 fully saturated rings. The Morgan fingerprint density at radius 1 is 1.32 bits per heavy atom. The zero-order valence-corrected chi connectivity index (χ0v) is 15.9. The van der Waals surface area contributed by atoms with Crippen molar-refractivity contribution in [2.24, 2.45) is 0 Å². The van der Waals surface area contributed by atoms with E-state index in [2.05, 4.69) is 21.2 Å². The van der Waals surface area contributed by atoms with Crippen molar-refractivity contribution in [3.63, 3.8) is 0 Å². The average molecular weight is 406 g/mol. The summed E-state index contributed by atoms with van der Waals surface area (Å²) in [5.41, 5.74) is 2.58. The summed E-state index contributed by atoms with van der Waals surface area (Å²) in [6.07, 6.45) is 0. The normalized spacial score (nSPS) is 12.0. The minimum Gasteiger partial charge on any atom is -0.325 e. The van der Waals surface area contributed by atoms with Gasteiger partial charge in [0.15, 0.2) is 0 Å². The van der Waals surface area contributed by atoms with Crippen LogP contribution in [0.5, 0.6) is 0 Å². The average Bonchev–Trinajstić information content (AvgIpc) is 2.56. The number of rotatable bonds is 6. The second kappa shape index (κ2) is 8.22. The van der Waals surface area contributed by atoms with Gasteiger partial charge in [-0.2, -0.15) is 0 Å². The summed E-state index contributed by atoms with van der Waals surface area (Å²) in [7, 11) is 1.82. The standard InChI is InChI=1S/C18H20BrN3O3/c1-12-9-15(19)7-8-17(12)20-18(23)11-21(3)13(2)14-5-4-6-16(10-14)22(24)25/h4-10,13H,11H2,1-3H3,(H,20,23)/t13-/m1/s1. The smallest absolute Gasteiger partial charge is 0.269 e. The van der Waals surface area contributed by atoms with Gasteiger partial charge in [0, 0.05) is 28.3 Å². The molecule has 7 heteroatoms. The lowest BCUT2D eigenvalue weighted by atomic mass is 10.1. The molecule has 1 amide bonds. The summed E-state index contributed by atoms with van der Waals surface area (Å²) < 4.78 is 0.958. The molecule has 2 aromatic carbocycles. The summed E-state index contributed by atoms with van der Waals surface area (Å²) in [5.74, 6) is -0.134. The molecule has 0 aromatic heterocycles. The van der Waals surface area contributed by atoms with Crippen LogP contribution in [0.2, 0.25) is 0 Å². The number of nitrogens with one attached hydrogen (secondary N) is 1. The zero-order chi connectivity index (χ0) is 18.6.